The van der Waals surface area contributed by atoms with Crippen LogP contribution in [0, 0.1) is 0 Å². The second-order valence-electron chi connectivity index (χ2n) is 3.60. The van der Waals surface area contributed by atoms with Crippen molar-refractivity contribution in [3.63, 3.8) is 0 Å². The molecule has 0 radical (unpaired) electrons. The van der Waals surface area contributed by atoms with Gasteiger partial charge in [-0.1, -0.05) is 18.2 Å². The topological polar surface area (TPSA) is 58.9 Å². The molecular weight excluding hydrogens is 188 g/mol. The maximum atomic E-state index is 11.1. The lowest BCUT2D eigenvalue weighted by molar-refractivity contribution is -0.117. The van der Waals surface area contributed by atoms with Crippen LogP contribution in [-0.2, 0) is 11.2 Å². The first-order valence-corrected chi connectivity index (χ1v) is 5.08. The van der Waals surface area contributed by atoms with Gasteiger partial charge in [0.15, 0.2) is 0 Å². The fourth-order valence-corrected chi connectivity index (χ4v) is 1.71. The third-order valence-corrected chi connectivity index (χ3v) is 2.58. The highest BCUT2D eigenvalue weighted by Crippen LogP contribution is 2.18. The predicted octanol–water partition coefficient (Wildman–Crippen LogP) is 1.63. The monoisotopic (exact) mass is 202 g/mol. The van der Waals surface area contributed by atoms with Gasteiger partial charge in [-0.25, -0.2) is 0 Å². The molecule has 0 saturated heterocycles. The van der Waals surface area contributed by atoms with Gasteiger partial charge in [-0.05, 0) is 18.1 Å². The molecule has 0 aliphatic heterocycles. The fourth-order valence-electron chi connectivity index (χ4n) is 1.71. The number of para-hydroxylation sites is 1. The summed E-state index contributed by atoms with van der Waals surface area (Å²) in [5, 5.41) is 1.20. The Labute approximate surface area is 88.3 Å². The van der Waals surface area contributed by atoms with Crippen LogP contribution in [-0.4, -0.2) is 17.3 Å². The van der Waals surface area contributed by atoms with E-state index in [0.717, 1.165) is 11.9 Å². The van der Waals surface area contributed by atoms with Crippen LogP contribution in [0.3, 0.4) is 0 Å². The standard InChI is InChI=1S/C12H14N2O/c13-7-10(15)6-5-9-8-14-12-4-2-1-3-11(9)12/h1-4,8,14H,5-7,13H2. The predicted molar refractivity (Wildman–Crippen MR) is 60.7 cm³/mol. The number of carbonyl (C=O) groups is 1. The number of aromatic nitrogens is 1. The van der Waals surface area contributed by atoms with Crippen molar-refractivity contribution in [2.24, 2.45) is 5.73 Å². The number of hydrogen-bond donors (Lipinski definition) is 2. The third kappa shape index (κ3) is 2.07. The van der Waals surface area contributed by atoms with Crippen molar-refractivity contribution in [3.8, 4) is 0 Å². The normalized spacial score (nSPS) is 10.7. The molecule has 0 bridgehead atoms. The van der Waals surface area contributed by atoms with Gasteiger partial charge in [0.2, 0.25) is 0 Å². The van der Waals surface area contributed by atoms with E-state index < -0.39 is 0 Å². The summed E-state index contributed by atoms with van der Waals surface area (Å²) < 4.78 is 0. The summed E-state index contributed by atoms with van der Waals surface area (Å²) in [6.45, 7) is 0.141. The molecule has 0 aliphatic rings. The average molecular weight is 202 g/mol. The lowest BCUT2D eigenvalue weighted by Crippen LogP contribution is -2.13. The molecule has 0 amide bonds. The Bertz CT molecular complexity index is 473. The van der Waals surface area contributed by atoms with Gasteiger partial charge in [-0.2, -0.15) is 0 Å². The molecule has 0 unspecified atom stereocenters. The van der Waals surface area contributed by atoms with Crippen LogP contribution in [0.25, 0.3) is 10.9 Å². The van der Waals surface area contributed by atoms with Crippen LogP contribution in [0.2, 0.25) is 0 Å². The molecule has 0 fully saturated rings. The molecule has 3 nitrogen and oxygen atoms in total. The number of ketones is 1. The highest BCUT2D eigenvalue weighted by atomic mass is 16.1. The number of fused-ring (bicyclic) bond motifs is 1. The van der Waals surface area contributed by atoms with Crippen LogP contribution < -0.4 is 5.73 Å². The van der Waals surface area contributed by atoms with Crippen molar-refractivity contribution in [1.82, 2.24) is 4.98 Å². The Kier molecular flexibility index (Phi) is 2.83. The number of carbonyl (C=O) groups excluding carboxylic acids is 1. The molecule has 3 N–H and O–H groups in total. The molecule has 15 heavy (non-hydrogen) atoms. The summed E-state index contributed by atoms with van der Waals surface area (Å²) in [5.41, 5.74) is 7.57. The molecule has 78 valence electrons. The minimum Gasteiger partial charge on any atom is -0.361 e. The number of Topliss-reactive ketones (excluding diaryl/α,β-unsaturated/α-hetero) is 1. The van der Waals surface area contributed by atoms with E-state index in [1.54, 1.807) is 0 Å². The van der Waals surface area contributed by atoms with E-state index in [0.29, 0.717) is 6.42 Å². The first kappa shape index (κ1) is 9.93. The molecule has 1 aromatic heterocycles. The molecule has 0 atom stereocenters. The Morgan fingerprint density at radius 3 is 2.93 bits per heavy atom. The number of H-pyrrole nitrogens is 1. The molecule has 2 rings (SSSR count). The number of rotatable bonds is 4. The van der Waals surface area contributed by atoms with Crippen molar-refractivity contribution in [2.45, 2.75) is 12.8 Å². The van der Waals surface area contributed by atoms with E-state index in [9.17, 15) is 4.79 Å². The van der Waals surface area contributed by atoms with Crippen LogP contribution >= 0.6 is 0 Å². The van der Waals surface area contributed by atoms with Crippen molar-refractivity contribution < 1.29 is 4.79 Å². The first-order chi connectivity index (χ1) is 7.31. The Hall–Kier alpha value is -1.61. The van der Waals surface area contributed by atoms with Gasteiger partial charge in [-0.3, -0.25) is 4.79 Å². The Balaban J connectivity index is 2.18. The first-order valence-electron chi connectivity index (χ1n) is 5.08. The molecule has 0 aliphatic carbocycles. The third-order valence-electron chi connectivity index (χ3n) is 2.58. The van der Waals surface area contributed by atoms with Crippen molar-refractivity contribution >= 4 is 16.7 Å². The summed E-state index contributed by atoms with van der Waals surface area (Å²) in [7, 11) is 0. The van der Waals surface area contributed by atoms with Crippen LogP contribution in [0.15, 0.2) is 30.5 Å². The highest BCUT2D eigenvalue weighted by molar-refractivity contribution is 5.85. The zero-order valence-electron chi connectivity index (χ0n) is 8.49. The van der Waals surface area contributed by atoms with Gasteiger partial charge in [0.05, 0.1) is 6.54 Å². The smallest absolute Gasteiger partial charge is 0.146 e. The van der Waals surface area contributed by atoms with E-state index in [1.165, 1.54) is 10.9 Å². The average Bonchev–Trinajstić information content (AvgIpc) is 2.69. The summed E-state index contributed by atoms with van der Waals surface area (Å²) >= 11 is 0. The van der Waals surface area contributed by atoms with Crippen molar-refractivity contribution in [2.75, 3.05) is 6.54 Å². The molecule has 0 spiro atoms. The van der Waals surface area contributed by atoms with Crippen LogP contribution in [0.5, 0.6) is 0 Å². The zero-order chi connectivity index (χ0) is 10.7. The zero-order valence-corrected chi connectivity index (χ0v) is 8.49. The Morgan fingerprint density at radius 2 is 2.13 bits per heavy atom. The molecule has 2 aromatic rings. The van der Waals surface area contributed by atoms with Gasteiger partial charge in [0, 0.05) is 23.5 Å². The number of hydrogen-bond acceptors (Lipinski definition) is 2. The van der Waals surface area contributed by atoms with Crippen molar-refractivity contribution in [1.29, 1.82) is 0 Å². The fraction of sp³-hybridized carbons (Fsp3) is 0.250. The van der Waals surface area contributed by atoms with Crippen molar-refractivity contribution in [3.05, 3.63) is 36.0 Å². The molecule has 0 saturated carbocycles. The van der Waals surface area contributed by atoms with E-state index in [4.69, 9.17) is 5.73 Å². The van der Waals surface area contributed by atoms with E-state index in [-0.39, 0.29) is 12.3 Å². The summed E-state index contributed by atoms with van der Waals surface area (Å²) in [6, 6.07) is 8.09. The quantitative estimate of drug-likeness (QED) is 0.791. The maximum absolute atomic E-state index is 11.1. The van der Waals surface area contributed by atoms with Gasteiger partial charge in [0.1, 0.15) is 5.78 Å². The van der Waals surface area contributed by atoms with Gasteiger partial charge >= 0.3 is 0 Å². The van der Waals surface area contributed by atoms with Gasteiger partial charge in [0.25, 0.3) is 0 Å². The number of aryl methyl sites for hydroxylation is 1. The van der Waals surface area contributed by atoms with E-state index in [2.05, 4.69) is 11.1 Å². The number of nitrogens with two attached hydrogens (primary N) is 1. The summed E-state index contributed by atoms with van der Waals surface area (Å²) in [4.78, 5) is 14.3. The Morgan fingerprint density at radius 1 is 1.33 bits per heavy atom. The SMILES string of the molecule is NCC(=O)CCc1c[nH]c2ccccc12. The lowest BCUT2D eigenvalue weighted by atomic mass is 10.1. The second kappa shape index (κ2) is 4.28. The minimum atomic E-state index is 0.111. The summed E-state index contributed by atoms with van der Waals surface area (Å²) in [5.74, 6) is 0.111. The van der Waals surface area contributed by atoms with E-state index in [1.807, 2.05) is 24.4 Å². The highest BCUT2D eigenvalue weighted by Gasteiger charge is 2.04. The minimum absolute atomic E-state index is 0.111. The van der Waals surface area contributed by atoms with Gasteiger partial charge < -0.3 is 10.7 Å². The molecule has 1 aromatic carbocycles. The molecular formula is C12H14N2O. The second-order valence-corrected chi connectivity index (χ2v) is 3.60. The lowest BCUT2D eigenvalue weighted by Gasteiger charge is -1.97. The summed E-state index contributed by atoms with van der Waals surface area (Å²) in [6.07, 6.45) is 3.26. The van der Waals surface area contributed by atoms with Crippen LogP contribution in [0.1, 0.15) is 12.0 Å². The number of nitrogens with one attached hydrogen (secondary N) is 1. The molecule has 3 heteroatoms. The number of benzene rings is 1. The van der Waals surface area contributed by atoms with Gasteiger partial charge in [-0.15, -0.1) is 0 Å². The molecule has 1 heterocycles. The van der Waals surface area contributed by atoms with Crippen LogP contribution in [0.4, 0.5) is 0 Å². The maximum Gasteiger partial charge on any atom is 0.146 e. The largest absolute Gasteiger partial charge is 0.361 e. The number of aromatic amines is 1. The van der Waals surface area contributed by atoms with E-state index >= 15 is 0 Å².